The van der Waals surface area contributed by atoms with Gasteiger partial charge < -0.3 is 16.0 Å². The van der Waals surface area contributed by atoms with E-state index in [-0.39, 0.29) is 5.91 Å². The van der Waals surface area contributed by atoms with Crippen molar-refractivity contribution in [3.05, 3.63) is 54.4 Å². The van der Waals surface area contributed by atoms with Crippen LogP contribution < -0.4 is 11.1 Å². The van der Waals surface area contributed by atoms with E-state index in [0.29, 0.717) is 24.0 Å². The van der Waals surface area contributed by atoms with Crippen LogP contribution in [0.2, 0.25) is 0 Å². The van der Waals surface area contributed by atoms with Crippen LogP contribution in [0, 0.1) is 5.92 Å². The number of nitrogens with zero attached hydrogens (tertiary/aromatic N) is 3. The summed E-state index contributed by atoms with van der Waals surface area (Å²) < 4.78 is 0. The molecular formula is C24H26N6O. The molecule has 0 bridgehead atoms. The molecule has 3 heterocycles. The second-order valence-electron chi connectivity index (χ2n) is 8.42. The number of likely N-dealkylation sites (tertiary alicyclic amines) is 1. The lowest BCUT2D eigenvalue weighted by atomic mass is 9.97. The Balaban J connectivity index is 1.41. The van der Waals surface area contributed by atoms with E-state index in [1.54, 1.807) is 6.20 Å². The van der Waals surface area contributed by atoms with Crippen LogP contribution in [0.1, 0.15) is 23.3 Å². The summed E-state index contributed by atoms with van der Waals surface area (Å²) >= 11 is 0. The number of benzene rings is 2. The number of aromatic amines is 1. The molecule has 31 heavy (non-hydrogen) atoms. The topological polar surface area (TPSA) is 99.9 Å². The van der Waals surface area contributed by atoms with Gasteiger partial charge in [0.2, 0.25) is 0 Å². The first-order chi connectivity index (χ1) is 15.1. The van der Waals surface area contributed by atoms with E-state index < -0.39 is 0 Å². The Morgan fingerprint density at radius 2 is 1.87 bits per heavy atom. The number of carbonyl (C=O) groups is 1. The van der Waals surface area contributed by atoms with Gasteiger partial charge in [0.25, 0.3) is 5.91 Å². The molecular weight excluding hydrogens is 388 g/mol. The maximum absolute atomic E-state index is 12.9. The monoisotopic (exact) mass is 414 g/mol. The number of nitrogens with one attached hydrogen (secondary N) is 2. The lowest BCUT2D eigenvalue weighted by Crippen LogP contribution is -2.37. The maximum atomic E-state index is 12.9. The summed E-state index contributed by atoms with van der Waals surface area (Å²) in [5, 5.41) is 13.2. The van der Waals surface area contributed by atoms with Crippen LogP contribution in [0.25, 0.3) is 32.8 Å². The van der Waals surface area contributed by atoms with E-state index in [1.807, 2.05) is 36.4 Å². The molecule has 2 aromatic carbocycles. The van der Waals surface area contributed by atoms with Crippen molar-refractivity contribution in [2.75, 3.05) is 32.4 Å². The van der Waals surface area contributed by atoms with Crippen LogP contribution >= 0.6 is 0 Å². The number of nitrogen functional groups attached to an aromatic ring is 1. The third-order valence-corrected chi connectivity index (χ3v) is 6.30. The van der Waals surface area contributed by atoms with Gasteiger partial charge in [0, 0.05) is 23.5 Å². The fourth-order valence-corrected chi connectivity index (χ4v) is 4.32. The first kappa shape index (κ1) is 19.5. The van der Waals surface area contributed by atoms with Crippen molar-refractivity contribution < 1.29 is 4.79 Å². The van der Waals surface area contributed by atoms with Crippen molar-refractivity contribution in [3.8, 4) is 11.1 Å². The number of carbonyl (C=O) groups excluding carboxylic acids is 1. The molecule has 7 heteroatoms. The van der Waals surface area contributed by atoms with Gasteiger partial charge in [-0.05, 0) is 79.7 Å². The number of pyridine rings is 1. The van der Waals surface area contributed by atoms with Crippen molar-refractivity contribution in [2.45, 2.75) is 12.8 Å². The van der Waals surface area contributed by atoms with Gasteiger partial charge in [-0.1, -0.05) is 18.2 Å². The molecule has 0 aliphatic carbocycles. The standard InChI is InChI=1S/C24H26N6O/c1-30-10-7-15(8-11-30)14-27-24(31)22-20-13-18(4-5-21(20)28-29-22)17-3-2-16-6-9-26-23(25)19(16)12-17/h2-6,9,12-13,15H,7-8,10-11,14H2,1H3,(H2,25,26)(H,27,31)(H,28,29). The van der Waals surface area contributed by atoms with E-state index in [2.05, 4.69) is 38.5 Å². The predicted molar refractivity (Wildman–Crippen MR) is 124 cm³/mol. The van der Waals surface area contributed by atoms with Gasteiger partial charge >= 0.3 is 0 Å². The van der Waals surface area contributed by atoms with Crippen LogP contribution in [-0.2, 0) is 0 Å². The van der Waals surface area contributed by atoms with Gasteiger partial charge in [0.15, 0.2) is 5.69 Å². The van der Waals surface area contributed by atoms with Gasteiger partial charge in [-0.25, -0.2) is 4.98 Å². The van der Waals surface area contributed by atoms with Crippen LogP contribution in [0.5, 0.6) is 0 Å². The smallest absolute Gasteiger partial charge is 0.272 e. The highest BCUT2D eigenvalue weighted by Gasteiger charge is 2.20. The van der Waals surface area contributed by atoms with Gasteiger partial charge in [0.05, 0.1) is 5.52 Å². The summed E-state index contributed by atoms with van der Waals surface area (Å²) in [6.45, 7) is 2.86. The minimum atomic E-state index is -0.130. The molecule has 1 saturated heterocycles. The third-order valence-electron chi connectivity index (χ3n) is 6.30. The number of anilines is 1. The predicted octanol–water partition coefficient (Wildman–Crippen LogP) is 3.43. The molecule has 4 aromatic rings. The summed E-state index contributed by atoms with van der Waals surface area (Å²) in [7, 11) is 2.14. The fourth-order valence-electron chi connectivity index (χ4n) is 4.32. The summed E-state index contributed by atoms with van der Waals surface area (Å²) in [6.07, 6.45) is 3.94. The number of H-pyrrole nitrogens is 1. The van der Waals surface area contributed by atoms with E-state index in [1.165, 1.54) is 0 Å². The fraction of sp³-hybridized carbons (Fsp3) is 0.292. The van der Waals surface area contributed by atoms with Gasteiger partial charge in [-0.3, -0.25) is 9.89 Å². The molecule has 2 aromatic heterocycles. The molecule has 4 N–H and O–H groups in total. The Bertz CT molecular complexity index is 1260. The first-order valence-corrected chi connectivity index (χ1v) is 10.7. The molecule has 1 amide bonds. The lowest BCUT2D eigenvalue weighted by molar-refractivity contribution is 0.0935. The zero-order chi connectivity index (χ0) is 21.4. The van der Waals surface area contributed by atoms with Gasteiger partial charge in [-0.2, -0.15) is 5.10 Å². The first-order valence-electron chi connectivity index (χ1n) is 10.7. The van der Waals surface area contributed by atoms with Crippen molar-refractivity contribution in [2.24, 2.45) is 5.92 Å². The molecule has 158 valence electrons. The van der Waals surface area contributed by atoms with Crippen LogP contribution in [0.15, 0.2) is 48.7 Å². The molecule has 1 fully saturated rings. The molecule has 0 spiro atoms. The largest absolute Gasteiger partial charge is 0.383 e. The number of amides is 1. The average molecular weight is 415 g/mol. The summed E-state index contributed by atoms with van der Waals surface area (Å²) in [6, 6.07) is 14.1. The van der Waals surface area contributed by atoms with Gasteiger partial charge in [0.1, 0.15) is 5.82 Å². The van der Waals surface area contributed by atoms with E-state index >= 15 is 0 Å². The van der Waals surface area contributed by atoms with E-state index in [0.717, 1.165) is 58.7 Å². The average Bonchev–Trinajstić information content (AvgIpc) is 3.22. The third kappa shape index (κ3) is 3.84. The maximum Gasteiger partial charge on any atom is 0.272 e. The Labute approximate surface area is 180 Å². The molecule has 1 aliphatic heterocycles. The molecule has 7 nitrogen and oxygen atoms in total. The van der Waals surface area contributed by atoms with Crippen LogP contribution in [0.3, 0.4) is 0 Å². The molecule has 5 rings (SSSR count). The van der Waals surface area contributed by atoms with Crippen LogP contribution in [-0.4, -0.2) is 52.7 Å². The Kier molecular flexibility index (Phi) is 5.03. The number of hydrogen-bond acceptors (Lipinski definition) is 5. The highest BCUT2D eigenvalue weighted by molar-refractivity contribution is 6.06. The summed E-state index contributed by atoms with van der Waals surface area (Å²) in [4.78, 5) is 19.4. The number of fused-ring (bicyclic) bond motifs is 2. The number of piperidine rings is 1. The van der Waals surface area contributed by atoms with Crippen molar-refractivity contribution in [1.82, 2.24) is 25.4 Å². The second-order valence-corrected chi connectivity index (χ2v) is 8.42. The number of aromatic nitrogens is 3. The Morgan fingerprint density at radius 3 is 2.68 bits per heavy atom. The SMILES string of the molecule is CN1CCC(CNC(=O)c2n[nH]c3ccc(-c4ccc5ccnc(N)c5c4)cc23)CC1. The van der Waals surface area contributed by atoms with Crippen molar-refractivity contribution in [1.29, 1.82) is 0 Å². The quantitative estimate of drug-likeness (QED) is 0.475. The zero-order valence-corrected chi connectivity index (χ0v) is 17.6. The minimum absolute atomic E-state index is 0.130. The number of nitrogens with two attached hydrogens (primary N) is 1. The number of rotatable bonds is 4. The molecule has 1 aliphatic rings. The molecule has 0 radical (unpaired) electrons. The zero-order valence-electron chi connectivity index (χ0n) is 17.6. The van der Waals surface area contributed by atoms with E-state index in [4.69, 9.17) is 5.73 Å². The number of hydrogen-bond donors (Lipinski definition) is 3. The van der Waals surface area contributed by atoms with E-state index in [9.17, 15) is 4.79 Å². The highest BCUT2D eigenvalue weighted by Crippen LogP contribution is 2.29. The van der Waals surface area contributed by atoms with Gasteiger partial charge in [-0.15, -0.1) is 0 Å². The summed E-state index contributed by atoms with van der Waals surface area (Å²) in [5.74, 6) is 0.907. The van der Waals surface area contributed by atoms with Crippen molar-refractivity contribution in [3.63, 3.8) is 0 Å². The normalized spacial score (nSPS) is 15.5. The molecule has 0 atom stereocenters. The molecule has 0 saturated carbocycles. The van der Waals surface area contributed by atoms with Crippen LogP contribution in [0.4, 0.5) is 5.82 Å². The summed E-state index contributed by atoms with van der Waals surface area (Å²) in [5.41, 5.74) is 9.37. The highest BCUT2D eigenvalue weighted by atomic mass is 16.1. The lowest BCUT2D eigenvalue weighted by Gasteiger charge is -2.28. The second kappa shape index (κ2) is 8.00. The molecule has 0 unspecified atom stereocenters. The Morgan fingerprint density at radius 1 is 1.13 bits per heavy atom. The minimum Gasteiger partial charge on any atom is -0.383 e. The Hall–Kier alpha value is -3.45. The van der Waals surface area contributed by atoms with Crippen molar-refractivity contribution >= 4 is 33.4 Å².